The average Bonchev–Trinajstić information content (AvgIpc) is 2.83. The van der Waals surface area contributed by atoms with E-state index in [4.69, 9.17) is 0 Å². The molecule has 0 aliphatic carbocycles. The van der Waals surface area contributed by atoms with E-state index in [1.807, 2.05) is 16.9 Å². The van der Waals surface area contributed by atoms with Gasteiger partial charge in [0.2, 0.25) is 0 Å². The van der Waals surface area contributed by atoms with Crippen molar-refractivity contribution in [2.45, 2.75) is 6.54 Å². The summed E-state index contributed by atoms with van der Waals surface area (Å²) in [4.78, 5) is 10.0. The molecule has 2 rings (SSSR count). The van der Waals surface area contributed by atoms with Gasteiger partial charge in [0.1, 0.15) is 0 Å². The lowest BCUT2D eigenvalue weighted by Crippen LogP contribution is -2.10. The maximum Gasteiger partial charge on any atom is 0.269 e. The second-order valence-corrected chi connectivity index (χ2v) is 3.50. The molecule has 1 heterocycles. The van der Waals surface area contributed by atoms with E-state index < -0.39 is 4.92 Å². The third-order valence-electron chi connectivity index (χ3n) is 2.31. The largest absolute Gasteiger partial charge is 0.383 e. The van der Waals surface area contributed by atoms with Crippen LogP contribution in [0.3, 0.4) is 0 Å². The molecule has 0 aliphatic heterocycles. The molecular weight excluding hydrogens is 220 g/mol. The molecule has 0 radical (unpaired) electrons. The Morgan fingerprint density at radius 2 is 2.12 bits per heavy atom. The van der Waals surface area contributed by atoms with Crippen LogP contribution >= 0.6 is 0 Å². The van der Waals surface area contributed by atoms with E-state index in [9.17, 15) is 10.1 Å². The van der Waals surface area contributed by atoms with Crippen molar-refractivity contribution in [2.24, 2.45) is 0 Å². The number of anilines is 1. The number of nitro benzene ring substituents is 1. The van der Waals surface area contributed by atoms with Gasteiger partial charge in [-0.15, -0.1) is 0 Å². The van der Waals surface area contributed by atoms with Gasteiger partial charge in [0.15, 0.2) is 0 Å². The number of nitrogens with zero attached hydrogens (tertiary/aromatic N) is 3. The fourth-order valence-electron chi connectivity index (χ4n) is 1.45. The number of hydrogen-bond donors (Lipinski definition) is 1. The number of rotatable bonds is 5. The summed E-state index contributed by atoms with van der Waals surface area (Å²) in [5.41, 5.74) is 0.963. The van der Waals surface area contributed by atoms with E-state index in [0.717, 1.165) is 18.8 Å². The fraction of sp³-hybridized carbons (Fsp3) is 0.182. The standard InChI is InChI=1S/C11H12N4O2/c16-15(17)11-4-2-10(3-5-11)12-7-9-14-8-1-6-13-14/h1-6,8,12H,7,9H2. The van der Waals surface area contributed by atoms with E-state index in [1.165, 1.54) is 12.1 Å². The molecule has 0 unspecified atom stereocenters. The molecule has 0 saturated heterocycles. The lowest BCUT2D eigenvalue weighted by molar-refractivity contribution is -0.384. The van der Waals surface area contributed by atoms with Crippen LogP contribution in [0.5, 0.6) is 0 Å². The number of non-ortho nitro benzene ring substituents is 1. The van der Waals surface area contributed by atoms with Crippen LogP contribution < -0.4 is 5.32 Å². The summed E-state index contributed by atoms with van der Waals surface area (Å²) in [6, 6.07) is 8.22. The van der Waals surface area contributed by atoms with Crippen LogP contribution in [-0.4, -0.2) is 21.2 Å². The third-order valence-corrected chi connectivity index (χ3v) is 2.31. The smallest absolute Gasteiger partial charge is 0.269 e. The number of hydrogen-bond acceptors (Lipinski definition) is 4. The van der Waals surface area contributed by atoms with Crippen molar-refractivity contribution in [3.63, 3.8) is 0 Å². The van der Waals surface area contributed by atoms with Gasteiger partial charge in [-0.1, -0.05) is 0 Å². The lowest BCUT2D eigenvalue weighted by Gasteiger charge is -2.05. The van der Waals surface area contributed by atoms with E-state index in [0.29, 0.717) is 0 Å². The van der Waals surface area contributed by atoms with E-state index in [-0.39, 0.29) is 5.69 Å². The molecule has 0 aliphatic rings. The monoisotopic (exact) mass is 232 g/mol. The summed E-state index contributed by atoms with van der Waals surface area (Å²) in [6.07, 6.45) is 3.61. The molecule has 1 aromatic heterocycles. The molecule has 88 valence electrons. The van der Waals surface area contributed by atoms with E-state index >= 15 is 0 Å². The maximum atomic E-state index is 10.5. The second kappa shape index (κ2) is 5.11. The minimum absolute atomic E-state index is 0.0997. The number of nitro groups is 1. The van der Waals surface area contributed by atoms with Crippen molar-refractivity contribution < 1.29 is 4.92 Å². The topological polar surface area (TPSA) is 73.0 Å². The van der Waals surface area contributed by atoms with Crippen molar-refractivity contribution in [3.8, 4) is 0 Å². The first-order valence-corrected chi connectivity index (χ1v) is 5.21. The Labute approximate surface area is 98.0 Å². The molecule has 0 atom stereocenters. The van der Waals surface area contributed by atoms with Crippen LogP contribution in [-0.2, 0) is 6.54 Å². The Balaban J connectivity index is 1.85. The van der Waals surface area contributed by atoms with Crippen molar-refractivity contribution in [1.82, 2.24) is 9.78 Å². The molecular formula is C11H12N4O2. The molecule has 6 nitrogen and oxygen atoms in total. The molecule has 6 heteroatoms. The maximum absolute atomic E-state index is 10.5. The van der Waals surface area contributed by atoms with E-state index in [2.05, 4.69) is 10.4 Å². The summed E-state index contributed by atoms with van der Waals surface area (Å²) < 4.78 is 1.82. The molecule has 1 N–H and O–H groups in total. The Morgan fingerprint density at radius 3 is 2.71 bits per heavy atom. The minimum atomic E-state index is -0.409. The quantitative estimate of drug-likeness (QED) is 0.631. The molecule has 0 amide bonds. The van der Waals surface area contributed by atoms with Crippen LogP contribution in [0.25, 0.3) is 0 Å². The highest BCUT2D eigenvalue weighted by Crippen LogP contribution is 2.14. The Kier molecular flexibility index (Phi) is 3.34. The molecule has 0 fully saturated rings. The van der Waals surface area contributed by atoms with Gasteiger partial charge < -0.3 is 5.32 Å². The van der Waals surface area contributed by atoms with Crippen LogP contribution in [0.1, 0.15) is 0 Å². The average molecular weight is 232 g/mol. The third kappa shape index (κ3) is 3.04. The van der Waals surface area contributed by atoms with Gasteiger partial charge in [-0.25, -0.2) is 0 Å². The summed E-state index contributed by atoms with van der Waals surface area (Å²) >= 11 is 0. The number of benzene rings is 1. The molecule has 2 aromatic rings. The zero-order valence-electron chi connectivity index (χ0n) is 9.11. The van der Waals surface area contributed by atoms with Gasteiger partial charge >= 0.3 is 0 Å². The first-order chi connectivity index (χ1) is 8.25. The van der Waals surface area contributed by atoms with Crippen LogP contribution in [0.2, 0.25) is 0 Å². The predicted octanol–water partition coefficient (Wildman–Crippen LogP) is 1.90. The highest BCUT2D eigenvalue weighted by Gasteiger charge is 2.03. The molecule has 17 heavy (non-hydrogen) atoms. The number of aromatic nitrogens is 2. The highest BCUT2D eigenvalue weighted by atomic mass is 16.6. The SMILES string of the molecule is O=[N+]([O-])c1ccc(NCCn2cccn2)cc1. The predicted molar refractivity (Wildman–Crippen MR) is 63.8 cm³/mol. The van der Waals surface area contributed by atoms with Crippen LogP contribution in [0.15, 0.2) is 42.7 Å². The van der Waals surface area contributed by atoms with Gasteiger partial charge in [-0.3, -0.25) is 14.8 Å². The lowest BCUT2D eigenvalue weighted by atomic mass is 10.3. The van der Waals surface area contributed by atoms with Crippen LogP contribution in [0, 0.1) is 10.1 Å². The molecule has 0 bridgehead atoms. The normalized spacial score (nSPS) is 10.1. The molecule has 1 aromatic carbocycles. The van der Waals surface area contributed by atoms with Crippen molar-refractivity contribution in [1.29, 1.82) is 0 Å². The summed E-state index contributed by atoms with van der Waals surface area (Å²) in [5.74, 6) is 0. The van der Waals surface area contributed by atoms with Gasteiger partial charge in [0, 0.05) is 36.8 Å². The van der Waals surface area contributed by atoms with Gasteiger partial charge in [-0.2, -0.15) is 5.10 Å². The minimum Gasteiger partial charge on any atom is -0.383 e. The summed E-state index contributed by atoms with van der Waals surface area (Å²) in [6.45, 7) is 1.48. The van der Waals surface area contributed by atoms with Gasteiger partial charge in [-0.05, 0) is 18.2 Å². The van der Waals surface area contributed by atoms with Crippen LogP contribution in [0.4, 0.5) is 11.4 Å². The Morgan fingerprint density at radius 1 is 1.35 bits per heavy atom. The number of nitrogens with one attached hydrogen (secondary N) is 1. The second-order valence-electron chi connectivity index (χ2n) is 3.50. The van der Waals surface area contributed by atoms with Crippen molar-refractivity contribution in [2.75, 3.05) is 11.9 Å². The molecule has 0 saturated carbocycles. The molecule has 0 spiro atoms. The van der Waals surface area contributed by atoms with E-state index in [1.54, 1.807) is 18.3 Å². The zero-order chi connectivity index (χ0) is 12.1. The summed E-state index contributed by atoms with van der Waals surface area (Å²) in [7, 11) is 0. The van der Waals surface area contributed by atoms with Gasteiger partial charge in [0.05, 0.1) is 11.5 Å². The first-order valence-electron chi connectivity index (χ1n) is 5.21. The first kappa shape index (κ1) is 11.1. The summed E-state index contributed by atoms with van der Waals surface area (Å²) in [5, 5.41) is 17.7. The van der Waals surface area contributed by atoms with Crippen molar-refractivity contribution in [3.05, 3.63) is 52.8 Å². The Hall–Kier alpha value is -2.37. The fourth-order valence-corrected chi connectivity index (χ4v) is 1.45. The van der Waals surface area contributed by atoms with Gasteiger partial charge in [0.25, 0.3) is 5.69 Å². The zero-order valence-corrected chi connectivity index (χ0v) is 9.11. The highest BCUT2D eigenvalue weighted by molar-refractivity contribution is 5.48. The Bertz CT molecular complexity index is 479. The van der Waals surface area contributed by atoms with Crippen molar-refractivity contribution >= 4 is 11.4 Å².